The molecule has 6 N–H and O–H groups in total. The third-order valence-corrected chi connectivity index (χ3v) is 6.89. The average molecular weight is 513 g/mol. The molecule has 3 rings (SSSR count). The van der Waals surface area contributed by atoms with Gasteiger partial charge in [0.25, 0.3) is 0 Å². The highest BCUT2D eigenvalue weighted by Crippen LogP contribution is 2.21. The van der Waals surface area contributed by atoms with Crippen LogP contribution in [0.15, 0.2) is 42.9 Å². The van der Waals surface area contributed by atoms with E-state index in [0.717, 1.165) is 12.0 Å². The molecular formula is C26H36N6O5. The van der Waals surface area contributed by atoms with E-state index in [4.69, 9.17) is 5.73 Å². The van der Waals surface area contributed by atoms with Gasteiger partial charge in [-0.15, -0.1) is 0 Å². The molecule has 0 spiro atoms. The third-order valence-electron chi connectivity index (χ3n) is 6.89. The van der Waals surface area contributed by atoms with Crippen molar-refractivity contribution < 1.29 is 24.3 Å². The first kappa shape index (κ1) is 27.9. The number of nitrogens with zero attached hydrogens (tertiary/aromatic N) is 2. The largest absolute Gasteiger partial charge is 0.480 e. The topological polar surface area (TPSA) is 171 Å². The summed E-state index contributed by atoms with van der Waals surface area (Å²) in [5.74, 6) is -2.62. The molecule has 5 unspecified atom stereocenters. The smallest absolute Gasteiger partial charge is 0.326 e. The Hall–Kier alpha value is -3.73. The van der Waals surface area contributed by atoms with Crippen LogP contribution < -0.4 is 16.4 Å². The van der Waals surface area contributed by atoms with Crippen LogP contribution in [0.5, 0.6) is 0 Å². The fraction of sp³-hybridized carbons (Fsp3) is 0.500. The maximum absolute atomic E-state index is 13.3. The molecule has 1 aromatic carbocycles. The van der Waals surface area contributed by atoms with Crippen LogP contribution in [0.1, 0.15) is 44.4 Å². The summed E-state index contributed by atoms with van der Waals surface area (Å²) in [6.45, 7) is 4.26. The molecule has 1 aliphatic rings. The third kappa shape index (κ3) is 7.39. The molecule has 11 nitrogen and oxygen atoms in total. The Kier molecular flexibility index (Phi) is 9.78. The summed E-state index contributed by atoms with van der Waals surface area (Å²) in [7, 11) is 0. The van der Waals surface area contributed by atoms with Crippen LogP contribution in [0, 0.1) is 5.92 Å². The van der Waals surface area contributed by atoms with Crippen LogP contribution >= 0.6 is 0 Å². The van der Waals surface area contributed by atoms with Crippen LogP contribution in [0.25, 0.3) is 0 Å². The van der Waals surface area contributed by atoms with Crippen LogP contribution in [0.3, 0.4) is 0 Å². The highest BCUT2D eigenvalue weighted by Gasteiger charge is 2.39. The summed E-state index contributed by atoms with van der Waals surface area (Å²) < 4.78 is 0. The summed E-state index contributed by atoms with van der Waals surface area (Å²) in [4.78, 5) is 59.8. The number of nitrogens with two attached hydrogens (primary N) is 1. The lowest BCUT2D eigenvalue weighted by atomic mass is 9.98. The van der Waals surface area contributed by atoms with Crippen molar-refractivity contribution in [2.24, 2.45) is 11.7 Å². The number of carbonyl (C=O) groups excluding carboxylic acids is 3. The van der Waals surface area contributed by atoms with Crippen LogP contribution in [-0.4, -0.2) is 74.4 Å². The minimum atomic E-state index is -1.19. The number of hydrogen-bond acceptors (Lipinski definition) is 6. The Morgan fingerprint density at radius 3 is 2.51 bits per heavy atom. The van der Waals surface area contributed by atoms with E-state index >= 15 is 0 Å². The number of aromatic amines is 1. The Morgan fingerprint density at radius 1 is 1.16 bits per heavy atom. The van der Waals surface area contributed by atoms with Gasteiger partial charge in [-0.3, -0.25) is 14.4 Å². The number of imidazole rings is 1. The standard InChI is InChI=1S/C26H36N6O5/c1-3-16(2)22(27)25(35)32-11-7-10-21(32)24(34)30-19(13-18-14-28-15-29-18)23(33)31-20(26(36)37)12-17-8-5-4-6-9-17/h4-6,8-9,14-16,19-22H,3,7,10-13,27H2,1-2H3,(H,28,29)(H,30,34)(H,31,33)(H,36,37). The molecule has 1 aromatic heterocycles. The normalized spacial score (nSPS) is 18.5. The fourth-order valence-corrected chi connectivity index (χ4v) is 4.41. The van der Waals surface area contributed by atoms with Gasteiger partial charge in [0.05, 0.1) is 12.4 Å². The van der Waals surface area contributed by atoms with Gasteiger partial charge in [-0.25, -0.2) is 9.78 Å². The van der Waals surface area contributed by atoms with Gasteiger partial charge in [0.2, 0.25) is 17.7 Å². The van der Waals surface area contributed by atoms with E-state index in [9.17, 15) is 24.3 Å². The Balaban J connectivity index is 1.74. The molecule has 0 saturated carbocycles. The number of likely N-dealkylation sites (tertiary alicyclic amines) is 1. The van der Waals surface area contributed by atoms with Gasteiger partial charge >= 0.3 is 5.97 Å². The number of amides is 3. The predicted octanol–water partition coefficient (Wildman–Crippen LogP) is 0.614. The molecule has 1 aliphatic heterocycles. The molecule has 1 saturated heterocycles. The van der Waals surface area contributed by atoms with E-state index in [1.165, 1.54) is 17.4 Å². The summed E-state index contributed by atoms with van der Waals surface area (Å²) >= 11 is 0. The van der Waals surface area contributed by atoms with Crippen molar-refractivity contribution in [3.63, 3.8) is 0 Å². The second kappa shape index (κ2) is 13.0. The molecule has 3 amide bonds. The number of H-pyrrole nitrogens is 1. The van der Waals surface area contributed by atoms with E-state index in [0.29, 0.717) is 25.1 Å². The molecular weight excluding hydrogens is 476 g/mol. The van der Waals surface area contributed by atoms with Gasteiger partial charge in [-0.1, -0.05) is 50.6 Å². The molecule has 11 heteroatoms. The number of rotatable bonds is 12. The number of carboxylic acid groups (broad SMARTS) is 1. The maximum Gasteiger partial charge on any atom is 0.326 e. The molecule has 2 aromatic rings. The lowest BCUT2D eigenvalue weighted by Gasteiger charge is -2.30. The molecule has 0 aliphatic carbocycles. The van der Waals surface area contributed by atoms with Gasteiger partial charge in [0.15, 0.2) is 0 Å². The van der Waals surface area contributed by atoms with Crippen molar-refractivity contribution in [3.05, 3.63) is 54.1 Å². The number of aliphatic carboxylic acids is 1. The number of benzene rings is 1. The molecule has 5 atom stereocenters. The van der Waals surface area contributed by atoms with Crippen molar-refractivity contribution in [2.75, 3.05) is 6.54 Å². The first-order valence-corrected chi connectivity index (χ1v) is 12.6. The average Bonchev–Trinajstić information content (AvgIpc) is 3.59. The number of nitrogens with one attached hydrogen (secondary N) is 3. The predicted molar refractivity (Wildman–Crippen MR) is 136 cm³/mol. The quantitative estimate of drug-likeness (QED) is 0.277. The molecule has 37 heavy (non-hydrogen) atoms. The lowest BCUT2D eigenvalue weighted by Crippen LogP contribution is -2.57. The zero-order valence-electron chi connectivity index (χ0n) is 21.2. The monoisotopic (exact) mass is 512 g/mol. The number of carbonyl (C=O) groups is 4. The van der Waals surface area contributed by atoms with E-state index in [1.807, 2.05) is 19.9 Å². The van der Waals surface area contributed by atoms with Crippen molar-refractivity contribution in [2.45, 2.75) is 70.1 Å². The molecule has 200 valence electrons. The van der Waals surface area contributed by atoms with Gasteiger partial charge in [0.1, 0.15) is 18.1 Å². The van der Waals surface area contributed by atoms with Gasteiger partial charge in [-0.05, 0) is 24.3 Å². The SMILES string of the molecule is CCC(C)C(N)C(=O)N1CCCC1C(=O)NC(Cc1cnc[nH]1)C(=O)NC(Cc1ccccc1)C(=O)O. The van der Waals surface area contributed by atoms with Crippen LogP contribution in [-0.2, 0) is 32.0 Å². The first-order chi connectivity index (χ1) is 17.7. The van der Waals surface area contributed by atoms with E-state index in [1.54, 1.807) is 24.3 Å². The summed E-state index contributed by atoms with van der Waals surface area (Å²) in [5, 5.41) is 15.0. The lowest BCUT2D eigenvalue weighted by molar-refractivity contribution is -0.143. The zero-order valence-corrected chi connectivity index (χ0v) is 21.2. The molecule has 2 heterocycles. The highest BCUT2D eigenvalue weighted by atomic mass is 16.4. The summed E-state index contributed by atoms with van der Waals surface area (Å²) in [6, 6.07) is 5.24. The number of carboxylic acids is 1. The summed E-state index contributed by atoms with van der Waals surface area (Å²) in [5.41, 5.74) is 7.49. The van der Waals surface area contributed by atoms with Crippen LogP contribution in [0.2, 0.25) is 0 Å². The van der Waals surface area contributed by atoms with Gasteiger partial charge in [-0.2, -0.15) is 0 Å². The second-order valence-corrected chi connectivity index (χ2v) is 9.53. The zero-order chi connectivity index (χ0) is 26.9. The van der Waals surface area contributed by atoms with E-state index < -0.39 is 42.0 Å². The van der Waals surface area contributed by atoms with Gasteiger partial charge in [0, 0.05) is 31.3 Å². The number of hydrogen-bond donors (Lipinski definition) is 5. The van der Waals surface area contributed by atoms with Crippen molar-refractivity contribution in [3.8, 4) is 0 Å². The Morgan fingerprint density at radius 2 is 1.89 bits per heavy atom. The Labute approximate surface area is 216 Å². The van der Waals surface area contributed by atoms with Gasteiger partial charge < -0.3 is 31.4 Å². The van der Waals surface area contributed by atoms with E-state index in [-0.39, 0.29) is 24.7 Å². The first-order valence-electron chi connectivity index (χ1n) is 12.6. The van der Waals surface area contributed by atoms with Crippen molar-refractivity contribution in [1.82, 2.24) is 25.5 Å². The maximum atomic E-state index is 13.3. The van der Waals surface area contributed by atoms with Crippen molar-refractivity contribution in [1.29, 1.82) is 0 Å². The minimum absolute atomic E-state index is 0.0340. The number of aromatic nitrogens is 2. The molecule has 1 fully saturated rings. The van der Waals surface area contributed by atoms with Crippen molar-refractivity contribution >= 4 is 23.7 Å². The molecule has 0 radical (unpaired) electrons. The Bertz CT molecular complexity index is 1060. The molecule has 0 bridgehead atoms. The minimum Gasteiger partial charge on any atom is -0.480 e. The van der Waals surface area contributed by atoms with E-state index in [2.05, 4.69) is 20.6 Å². The summed E-state index contributed by atoms with van der Waals surface area (Å²) in [6.07, 6.45) is 4.98. The van der Waals surface area contributed by atoms with Crippen LogP contribution in [0.4, 0.5) is 0 Å². The second-order valence-electron chi connectivity index (χ2n) is 9.53. The highest BCUT2D eigenvalue weighted by molar-refractivity contribution is 5.94. The fourth-order valence-electron chi connectivity index (χ4n) is 4.41.